The first-order valence-corrected chi connectivity index (χ1v) is 12.6. The number of anilines is 3. The molecule has 3 heterocycles. The highest BCUT2D eigenvalue weighted by Crippen LogP contribution is 2.25. The van der Waals surface area contributed by atoms with Crippen LogP contribution in [0.1, 0.15) is 15.9 Å². The summed E-state index contributed by atoms with van der Waals surface area (Å²) in [4.78, 5) is 35.7. The molecule has 0 unspecified atom stereocenters. The number of amides is 1. The lowest BCUT2D eigenvalue weighted by Crippen LogP contribution is -2.48. The molecule has 1 fully saturated rings. The number of nitrogens with one attached hydrogen (secondary N) is 1. The molecule has 180 valence electrons. The lowest BCUT2D eigenvalue weighted by Gasteiger charge is -2.36. The Hall–Kier alpha value is -4.24. The molecule has 0 saturated carbocycles. The molecule has 0 radical (unpaired) electrons. The van der Waals surface area contributed by atoms with Gasteiger partial charge < -0.3 is 15.1 Å². The minimum atomic E-state index is -0.250. The van der Waals surface area contributed by atoms with Crippen LogP contribution in [0.3, 0.4) is 0 Å². The third kappa shape index (κ3) is 4.07. The molecule has 1 amide bonds. The quantitative estimate of drug-likeness (QED) is 0.399. The highest BCUT2D eigenvalue weighted by molar-refractivity contribution is 7.20. The summed E-state index contributed by atoms with van der Waals surface area (Å²) in [7, 11) is 0. The Balaban J connectivity index is 1.25. The number of fused-ring (bicyclic) bond motifs is 2. The van der Waals surface area contributed by atoms with Gasteiger partial charge in [-0.25, -0.2) is 4.98 Å². The van der Waals surface area contributed by atoms with Crippen molar-refractivity contribution in [2.45, 2.75) is 6.92 Å². The van der Waals surface area contributed by atoms with Crippen molar-refractivity contribution in [2.24, 2.45) is 0 Å². The van der Waals surface area contributed by atoms with Gasteiger partial charge in [0.1, 0.15) is 0 Å². The van der Waals surface area contributed by atoms with Crippen LogP contribution in [0.15, 0.2) is 77.6 Å². The molecule has 5 aromatic rings. The van der Waals surface area contributed by atoms with E-state index in [0.29, 0.717) is 39.6 Å². The first-order valence-electron chi connectivity index (χ1n) is 11.8. The Kier molecular flexibility index (Phi) is 5.61. The van der Waals surface area contributed by atoms with E-state index in [0.717, 1.165) is 24.3 Å². The molecule has 9 heteroatoms. The van der Waals surface area contributed by atoms with E-state index in [1.54, 1.807) is 18.2 Å². The van der Waals surface area contributed by atoms with Gasteiger partial charge in [0.05, 0.1) is 10.9 Å². The van der Waals surface area contributed by atoms with E-state index < -0.39 is 0 Å². The molecule has 1 saturated heterocycles. The number of hydrogen-bond donors (Lipinski definition) is 1. The van der Waals surface area contributed by atoms with Crippen molar-refractivity contribution in [1.82, 2.24) is 19.5 Å². The summed E-state index contributed by atoms with van der Waals surface area (Å²) in [5.74, 6) is -0.0437. The molecule has 2 aromatic heterocycles. The van der Waals surface area contributed by atoms with Gasteiger partial charge in [0, 0.05) is 43.1 Å². The van der Waals surface area contributed by atoms with Crippen molar-refractivity contribution in [3.8, 4) is 0 Å². The number of carbonyl (C=O) groups excluding carboxylic acids is 1. The molecule has 36 heavy (non-hydrogen) atoms. The number of aryl methyl sites for hydroxylation is 1. The van der Waals surface area contributed by atoms with Gasteiger partial charge in [0.25, 0.3) is 11.5 Å². The van der Waals surface area contributed by atoms with Crippen LogP contribution in [0.25, 0.3) is 15.9 Å². The average Bonchev–Trinajstić information content (AvgIpc) is 3.32. The van der Waals surface area contributed by atoms with Gasteiger partial charge in [0.15, 0.2) is 0 Å². The van der Waals surface area contributed by atoms with Crippen molar-refractivity contribution in [1.29, 1.82) is 0 Å². The molecular formula is C27H24N6O2S. The fourth-order valence-corrected chi connectivity index (χ4v) is 5.32. The largest absolute Gasteiger partial charge is 0.368 e. The maximum atomic E-state index is 13.3. The van der Waals surface area contributed by atoms with Crippen LogP contribution >= 0.6 is 11.3 Å². The Morgan fingerprint density at radius 3 is 2.47 bits per heavy atom. The number of nitrogens with zero attached hydrogens (tertiary/aromatic N) is 5. The Bertz CT molecular complexity index is 1640. The number of para-hydroxylation sites is 2. The predicted octanol–water partition coefficient (Wildman–Crippen LogP) is 4.32. The third-order valence-corrected chi connectivity index (χ3v) is 7.34. The van der Waals surface area contributed by atoms with Gasteiger partial charge in [0.2, 0.25) is 10.1 Å². The molecule has 1 N–H and O–H groups in total. The number of aromatic nitrogens is 3. The fraction of sp³-hybridized carbons (Fsp3) is 0.185. The Morgan fingerprint density at radius 2 is 1.69 bits per heavy atom. The van der Waals surface area contributed by atoms with E-state index in [9.17, 15) is 9.59 Å². The first kappa shape index (κ1) is 22.2. The number of benzene rings is 3. The minimum absolute atomic E-state index is 0.0437. The summed E-state index contributed by atoms with van der Waals surface area (Å²) in [6.07, 6.45) is 0. The SMILES string of the molecule is Cc1ccccc1Nc1nn2c(=O)c3ccc(C(=O)N4CCN(c5ccccc5)CC4)cc3nc2s1. The molecule has 0 atom stereocenters. The smallest absolute Gasteiger partial charge is 0.283 e. The second-order valence-electron chi connectivity index (χ2n) is 8.81. The maximum Gasteiger partial charge on any atom is 0.283 e. The molecule has 1 aliphatic heterocycles. The summed E-state index contributed by atoms with van der Waals surface area (Å²) < 4.78 is 1.32. The van der Waals surface area contributed by atoms with Gasteiger partial charge in [-0.05, 0) is 48.9 Å². The summed E-state index contributed by atoms with van der Waals surface area (Å²) in [5.41, 5.74) is 3.96. The van der Waals surface area contributed by atoms with Crippen LogP contribution in [0.2, 0.25) is 0 Å². The van der Waals surface area contributed by atoms with Crippen molar-refractivity contribution in [2.75, 3.05) is 36.4 Å². The predicted molar refractivity (Wildman–Crippen MR) is 144 cm³/mol. The molecule has 6 rings (SSSR count). The molecule has 0 aliphatic carbocycles. The van der Waals surface area contributed by atoms with Crippen LogP contribution in [0.4, 0.5) is 16.5 Å². The molecule has 3 aromatic carbocycles. The number of carbonyl (C=O) groups is 1. The lowest BCUT2D eigenvalue weighted by atomic mass is 10.1. The van der Waals surface area contributed by atoms with Gasteiger partial charge in [-0.3, -0.25) is 9.59 Å². The third-order valence-electron chi connectivity index (χ3n) is 6.52. The van der Waals surface area contributed by atoms with E-state index in [-0.39, 0.29) is 11.5 Å². The standard InChI is InChI=1S/C27H24N6O2S/c1-18-7-5-6-10-22(18)28-26-30-33-25(35)21-12-11-19(17-23(21)29-27(33)36-26)24(34)32-15-13-31(14-16-32)20-8-3-2-4-9-20/h2-12,17H,13-16H2,1H3,(H,28,30). The Labute approximate surface area is 211 Å². The van der Waals surface area contributed by atoms with E-state index >= 15 is 0 Å². The van der Waals surface area contributed by atoms with Crippen LogP contribution in [-0.2, 0) is 0 Å². The first-order chi connectivity index (χ1) is 17.6. The van der Waals surface area contributed by atoms with Gasteiger partial charge >= 0.3 is 0 Å². The molecule has 1 aliphatic rings. The number of rotatable bonds is 4. The summed E-state index contributed by atoms with van der Waals surface area (Å²) in [6.45, 7) is 4.85. The van der Waals surface area contributed by atoms with Crippen LogP contribution < -0.4 is 15.8 Å². The van der Waals surface area contributed by atoms with E-state index in [4.69, 9.17) is 0 Å². The molecular weight excluding hydrogens is 472 g/mol. The maximum absolute atomic E-state index is 13.3. The fourth-order valence-electron chi connectivity index (χ4n) is 4.51. The normalized spacial score (nSPS) is 13.9. The summed E-state index contributed by atoms with van der Waals surface area (Å²) in [5, 5.41) is 8.72. The molecule has 8 nitrogen and oxygen atoms in total. The second-order valence-corrected chi connectivity index (χ2v) is 9.76. The zero-order chi connectivity index (χ0) is 24.6. The minimum Gasteiger partial charge on any atom is -0.368 e. The zero-order valence-corrected chi connectivity index (χ0v) is 20.5. The average molecular weight is 497 g/mol. The van der Waals surface area contributed by atoms with Crippen LogP contribution in [0.5, 0.6) is 0 Å². The van der Waals surface area contributed by atoms with E-state index in [2.05, 4.69) is 32.4 Å². The van der Waals surface area contributed by atoms with E-state index in [1.165, 1.54) is 21.5 Å². The van der Waals surface area contributed by atoms with Crippen molar-refractivity contribution in [3.05, 3.63) is 94.3 Å². The van der Waals surface area contributed by atoms with Crippen molar-refractivity contribution >= 4 is 49.6 Å². The zero-order valence-electron chi connectivity index (χ0n) is 19.7. The molecule has 0 bridgehead atoms. The lowest BCUT2D eigenvalue weighted by molar-refractivity contribution is 0.0747. The highest BCUT2D eigenvalue weighted by atomic mass is 32.1. The second kappa shape index (κ2) is 9.09. The van der Waals surface area contributed by atoms with Gasteiger partial charge in [-0.2, -0.15) is 4.52 Å². The number of hydrogen-bond acceptors (Lipinski definition) is 7. The monoisotopic (exact) mass is 496 g/mol. The van der Waals surface area contributed by atoms with Crippen LogP contribution in [-0.4, -0.2) is 51.6 Å². The highest BCUT2D eigenvalue weighted by Gasteiger charge is 2.23. The number of piperazine rings is 1. The topological polar surface area (TPSA) is 82.8 Å². The molecule has 0 spiro atoms. The van der Waals surface area contributed by atoms with E-state index in [1.807, 2.05) is 54.3 Å². The Morgan fingerprint density at radius 1 is 0.944 bits per heavy atom. The summed E-state index contributed by atoms with van der Waals surface area (Å²) >= 11 is 1.30. The van der Waals surface area contributed by atoms with Crippen LogP contribution in [0, 0.1) is 6.92 Å². The van der Waals surface area contributed by atoms with Gasteiger partial charge in [-0.15, -0.1) is 5.10 Å². The summed E-state index contributed by atoms with van der Waals surface area (Å²) in [6, 6.07) is 23.2. The van der Waals surface area contributed by atoms with Crippen molar-refractivity contribution < 1.29 is 4.79 Å². The van der Waals surface area contributed by atoms with Crippen molar-refractivity contribution in [3.63, 3.8) is 0 Å². The van der Waals surface area contributed by atoms with Gasteiger partial charge in [-0.1, -0.05) is 47.7 Å².